The van der Waals surface area contributed by atoms with Gasteiger partial charge < -0.3 is 19.7 Å². The van der Waals surface area contributed by atoms with E-state index in [1.54, 1.807) is 25.3 Å². The van der Waals surface area contributed by atoms with E-state index in [1.807, 2.05) is 11.0 Å². The zero-order valence-electron chi connectivity index (χ0n) is 21.2. The van der Waals surface area contributed by atoms with Gasteiger partial charge in [0.25, 0.3) is 5.91 Å². The van der Waals surface area contributed by atoms with Crippen molar-refractivity contribution >= 4 is 40.0 Å². The van der Waals surface area contributed by atoms with Gasteiger partial charge in [-0.3, -0.25) is 19.5 Å². The monoisotopic (exact) mass is 522 g/mol. The first-order chi connectivity index (χ1) is 18.0. The van der Waals surface area contributed by atoms with Gasteiger partial charge in [-0.05, 0) is 36.2 Å². The highest BCUT2D eigenvalue weighted by molar-refractivity contribution is 6.31. The molecule has 0 atom stereocenters. The average Bonchev–Trinajstić information content (AvgIpc) is 2.91. The van der Waals surface area contributed by atoms with E-state index < -0.39 is 0 Å². The molecule has 2 amide bonds. The fraction of sp³-hybridized carbons (Fsp3) is 0.393. The Morgan fingerprint density at radius 1 is 1.14 bits per heavy atom. The second-order valence-electron chi connectivity index (χ2n) is 9.38. The van der Waals surface area contributed by atoms with Crippen LogP contribution in [0.3, 0.4) is 0 Å². The molecule has 0 aliphatic carbocycles. The van der Waals surface area contributed by atoms with Gasteiger partial charge in [-0.15, -0.1) is 0 Å². The molecule has 3 aromatic rings. The van der Waals surface area contributed by atoms with Gasteiger partial charge in [0, 0.05) is 54.3 Å². The molecule has 0 spiro atoms. The highest BCUT2D eigenvalue weighted by atomic mass is 35.5. The van der Waals surface area contributed by atoms with Crippen LogP contribution >= 0.6 is 11.6 Å². The number of morpholine rings is 1. The summed E-state index contributed by atoms with van der Waals surface area (Å²) in [6.45, 7) is 5.64. The number of hydrogen-bond acceptors (Lipinski definition) is 6. The Kier molecular flexibility index (Phi) is 7.60. The van der Waals surface area contributed by atoms with Crippen molar-refractivity contribution < 1.29 is 19.1 Å². The second-order valence-corrected chi connectivity index (χ2v) is 9.81. The number of anilines is 1. The molecule has 5 rings (SSSR count). The Labute approximate surface area is 221 Å². The number of halogens is 1. The number of carbonyl (C=O) groups is 2. The fourth-order valence-corrected chi connectivity index (χ4v) is 5.21. The molecule has 2 aliphatic rings. The maximum Gasteiger partial charge on any atom is 0.255 e. The molecule has 194 valence electrons. The molecule has 2 aliphatic heterocycles. The topological polar surface area (TPSA) is 84.0 Å². The Morgan fingerprint density at radius 3 is 2.70 bits per heavy atom. The first-order valence-electron chi connectivity index (χ1n) is 12.6. The number of ether oxygens (including phenoxy) is 2. The highest BCUT2D eigenvalue weighted by Gasteiger charge is 2.30. The molecule has 0 bridgehead atoms. The van der Waals surface area contributed by atoms with Crippen LogP contribution in [0.5, 0.6) is 5.75 Å². The summed E-state index contributed by atoms with van der Waals surface area (Å²) < 4.78 is 10.8. The number of fused-ring (bicyclic) bond motifs is 2. The lowest BCUT2D eigenvalue weighted by molar-refractivity contribution is -0.117. The summed E-state index contributed by atoms with van der Waals surface area (Å²) in [5, 5.41) is 4.29. The van der Waals surface area contributed by atoms with E-state index in [2.05, 4.69) is 29.3 Å². The number of nitrogens with one attached hydrogen (secondary N) is 1. The normalized spacial score (nSPS) is 15.9. The zero-order valence-corrected chi connectivity index (χ0v) is 21.9. The van der Waals surface area contributed by atoms with E-state index in [1.165, 1.54) is 5.56 Å². The van der Waals surface area contributed by atoms with E-state index in [4.69, 9.17) is 26.1 Å². The third-order valence-corrected chi connectivity index (χ3v) is 7.24. The summed E-state index contributed by atoms with van der Waals surface area (Å²) in [7, 11) is 1.55. The van der Waals surface area contributed by atoms with Gasteiger partial charge in [0.1, 0.15) is 5.75 Å². The molecular weight excluding hydrogens is 492 g/mol. The van der Waals surface area contributed by atoms with Crippen LogP contribution in [0.2, 0.25) is 5.02 Å². The number of carbonyl (C=O) groups excluding carboxylic acids is 2. The smallest absolute Gasteiger partial charge is 0.255 e. The summed E-state index contributed by atoms with van der Waals surface area (Å²) in [4.78, 5) is 35.7. The molecule has 9 heteroatoms. The maximum absolute atomic E-state index is 13.8. The molecule has 3 heterocycles. The van der Waals surface area contributed by atoms with Crippen molar-refractivity contribution in [3.05, 3.63) is 63.8 Å². The summed E-state index contributed by atoms with van der Waals surface area (Å²) >= 11 is 6.12. The van der Waals surface area contributed by atoms with Gasteiger partial charge in [-0.1, -0.05) is 30.7 Å². The van der Waals surface area contributed by atoms with E-state index in [-0.39, 0.29) is 18.4 Å². The molecule has 1 fully saturated rings. The SMILES string of the molecule is CCc1ccc2c(C(=O)N3CCOCC3)c3c(nc2c1)CCN(CC(=O)Nc1cc(Cl)ccc1OC)C3. The minimum atomic E-state index is -0.175. The standard InChI is InChI=1S/C28H31ClN4O4/c1-3-18-4-6-20-23(14-18)30-22-8-9-32(16-21(22)27(20)28(35)33-10-12-37-13-11-33)17-26(34)31-24-15-19(29)5-7-25(24)36-2/h4-7,14-15H,3,8-13,16-17H2,1-2H3,(H,31,34). The number of aromatic nitrogens is 1. The summed E-state index contributed by atoms with van der Waals surface area (Å²) in [5.74, 6) is 0.375. The molecular formula is C28H31ClN4O4. The molecule has 0 saturated carbocycles. The third-order valence-electron chi connectivity index (χ3n) is 7.01. The molecule has 1 N–H and O–H groups in total. The molecule has 0 unspecified atom stereocenters. The first kappa shape index (κ1) is 25.4. The Hall–Kier alpha value is -3.20. The van der Waals surface area contributed by atoms with Crippen molar-refractivity contribution in [1.29, 1.82) is 0 Å². The number of nitrogens with zero attached hydrogens (tertiary/aromatic N) is 3. The Bertz CT molecular complexity index is 1340. The van der Waals surface area contributed by atoms with Crippen LogP contribution in [0.1, 0.15) is 34.1 Å². The minimum Gasteiger partial charge on any atom is -0.495 e. The number of methoxy groups -OCH3 is 1. The van der Waals surface area contributed by atoms with Crippen LogP contribution in [-0.4, -0.2) is 73.1 Å². The summed E-state index contributed by atoms with van der Waals surface area (Å²) in [6, 6.07) is 11.3. The molecule has 37 heavy (non-hydrogen) atoms. The fourth-order valence-electron chi connectivity index (χ4n) is 5.04. The van der Waals surface area contributed by atoms with Crippen molar-refractivity contribution in [3.8, 4) is 5.75 Å². The van der Waals surface area contributed by atoms with Crippen LogP contribution in [0, 0.1) is 0 Å². The summed E-state index contributed by atoms with van der Waals surface area (Å²) in [5.41, 5.74) is 5.12. The highest BCUT2D eigenvalue weighted by Crippen LogP contribution is 2.31. The maximum atomic E-state index is 13.8. The zero-order chi connectivity index (χ0) is 25.9. The van der Waals surface area contributed by atoms with Crippen molar-refractivity contribution in [2.45, 2.75) is 26.3 Å². The average molecular weight is 523 g/mol. The molecule has 1 saturated heterocycles. The number of aryl methyl sites for hydroxylation is 1. The van der Waals surface area contributed by atoms with Crippen LogP contribution in [0.25, 0.3) is 10.9 Å². The molecule has 1 aromatic heterocycles. The number of hydrogen-bond donors (Lipinski definition) is 1. The van der Waals surface area contributed by atoms with E-state index >= 15 is 0 Å². The molecule has 8 nitrogen and oxygen atoms in total. The van der Waals surface area contributed by atoms with Crippen molar-refractivity contribution in [2.24, 2.45) is 0 Å². The predicted octanol–water partition coefficient (Wildman–Crippen LogP) is 3.93. The van der Waals surface area contributed by atoms with Crippen molar-refractivity contribution in [2.75, 3.05) is 51.8 Å². The Morgan fingerprint density at radius 2 is 1.95 bits per heavy atom. The van der Waals surface area contributed by atoms with Gasteiger partial charge >= 0.3 is 0 Å². The molecule has 2 aromatic carbocycles. The van der Waals surface area contributed by atoms with Crippen LogP contribution in [0.15, 0.2) is 36.4 Å². The quantitative estimate of drug-likeness (QED) is 0.528. The van der Waals surface area contributed by atoms with Crippen LogP contribution in [-0.2, 0) is 28.9 Å². The van der Waals surface area contributed by atoms with Gasteiger partial charge in [-0.2, -0.15) is 0 Å². The summed E-state index contributed by atoms with van der Waals surface area (Å²) in [6.07, 6.45) is 1.57. The predicted molar refractivity (Wildman–Crippen MR) is 143 cm³/mol. The van der Waals surface area contributed by atoms with Gasteiger partial charge in [0.2, 0.25) is 5.91 Å². The molecule has 0 radical (unpaired) electrons. The van der Waals surface area contributed by atoms with E-state index in [0.717, 1.165) is 28.6 Å². The number of rotatable bonds is 6. The lowest BCUT2D eigenvalue weighted by atomic mass is 9.93. The first-order valence-corrected chi connectivity index (χ1v) is 13.0. The van der Waals surface area contributed by atoms with Crippen molar-refractivity contribution in [3.63, 3.8) is 0 Å². The minimum absolute atomic E-state index is 0.00571. The number of amides is 2. The Balaban J connectivity index is 1.44. The van der Waals surface area contributed by atoms with E-state index in [9.17, 15) is 9.59 Å². The van der Waals surface area contributed by atoms with Gasteiger partial charge in [0.05, 0.1) is 43.6 Å². The lowest BCUT2D eigenvalue weighted by Gasteiger charge is -2.32. The van der Waals surface area contributed by atoms with Crippen LogP contribution in [0.4, 0.5) is 5.69 Å². The number of pyridine rings is 1. The number of benzene rings is 2. The van der Waals surface area contributed by atoms with E-state index in [0.29, 0.717) is 67.8 Å². The lowest BCUT2D eigenvalue weighted by Crippen LogP contribution is -2.42. The second kappa shape index (κ2) is 11.0. The van der Waals surface area contributed by atoms with Gasteiger partial charge in [-0.25, -0.2) is 0 Å². The van der Waals surface area contributed by atoms with Crippen LogP contribution < -0.4 is 10.1 Å². The third kappa shape index (κ3) is 5.42. The van der Waals surface area contributed by atoms with Crippen molar-refractivity contribution in [1.82, 2.24) is 14.8 Å². The largest absolute Gasteiger partial charge is 0.495 e. The van der Waals surface area contributed by atoms with Gasteiger partial charge in [0.15, 0.2) is 0 Å².